The van der Waals surface area contributed by atoms with Gasteiger partial charge in [-0.2, -0.15) is 0 Å². The number of nitrogens with one attached hydrogen (secondary N) is 1. The van der Waals surface area contributed by atoms with E-state index in [9.17, 15) is 0 Å². The standard InChI is InChI=1S/C30H31ClN4O2S/c1-20-17-24(21(2)34(20)19-22-9-5-4-6-10-22)29-28(26-11-7-8-14-32-26)33-30(38)35(29)23-12-13-27(25(31)18-23)37-16-15-36-3/h4-14,17-18,28-29H,15-16,19H2,1-3H3,(H,33,38)/t28-,29-/m1/s1. The molecule has 8 heteroatoms. The Bertz CT molecular complexity index is 1410. The number of benzene rings is 2. The Kier molecular flexibility index (Phi) is 7.98. The quantitative estimate of drug-likeness (QED) is 0.193. The lowest BCUT2D eigenvalue weighted by molar-refractivity contribution is 0.146. The number of hydrogen-bond donors (Lipinski definition) is 1. The molecule has 1 N–H and O–H groups in total. The molecule has 196 valence electrons. The molecule has 0 radical (unpaired) electrons. The van der Waals surface area contributed by atoms with Crippen molar-refractivity contribution in [1.29, 1.82) is 0 Å². The van der Waals surface area contributed by atoms with Crippen molar-refractivity contribution in [2.24, 2.45) is 0 Å². The molecule has 2 atom stereocenters. The van der Waals surface area contributed by atoms with Crippen LogP contribution in [0.1, 0.15) is 40.3 Å². The van der Waals surface area contributed by atoms with E-state index >= 15 is 0 Å². The highest BCUT2D eigenvalue weighted by Crippen LogP contribution is 2.44. The third-order valence-electron chi connectivity index (χ3n) is 6.95. The van der Waals surface area contributed by atoms with Crippen LogP contribution in [-0.2, 0) is 11.3 Å². The Morgan fingerprint density at radius 1 is 1.00 bits per heavy atom. The molecular weight excluding hydrogens is 516 g/mol. The van der Waals surface area contributed by atoms with Crippen molar-refractivity contribution >= 4 is 34.6 Å². The summed E-state index contributed by atoms with van der Waals surface area (Å²) < 4.78 is 13.2. The molecule has 1 aliphatic heterocycles. The number of nitrogens with zero attached hydrogens (tertiary/aromatic N) is 3. The maximum Gasteiger partial charge on any atom is 0.174 e. The first-order chi connectivity index (χ1) is 18.5. The van der Waals surface area contributed by atoms with Gasteiger partial charge in [-0.15, -0.1) is 0 Å². The van der Waals surface area contributed by atoms with Gasteiger partial charge in [-0.3, -0.25) is 4.98 Å². The van der Waals surface area contributed by atoms with Crippen LogP contribution in [0, 0.1) is 13.8 Å². The number of aryl methyl sites for hydroxylation is 1. The van der Waals surface area contributed by atoms with Crippen molar-refractivity contribution in [1.82, 2.24) is 14.9 Å². The Labute approximate surface area is 234 Å². The lowest BCUT2D eigenvalue weighted by atomic mass is 9.96. The highest BCUT2D eigenvalue weighted by atomic mass is 35.5. The molecule has 2 aromatic carbocycles. The van der Waals surface area contributed by atoms with Crippen LogP contribution in [0.4, 0.5) is 5.69 Å². The van der Waals surface area contributed by atoms with Crippen molar-refractivity contribution in [3.8, 4) is 5.75 Å². The fourth-order valence-corrected chi connectivity index (χ4v) is 5.65. The van der Waals surface area contributed by atoms with Gasteiger partial charge in [0.1, 0.15) is 12.4 Å². The fourth-order valence-electron chi connectivity index (χ4n) is 5.08. The normalized spacial score (nSPS) is 17.1. The van der Waals surface area contributed by atoms with Gasteiger partial charge < -0.3 is 24.3 Å². The molecular formula is C30H31ClN4O2S. The molecule has 1 fully saturated rings. The van der Waals surface area contributed by atoms with Crippen molar-refractivity contribution in [3.05, 3.63) is 112 Å². The van der Waals surface area contributed by atoms with Gasteiger partial charge in [0.15, 0.2) is 5.11 Å². The van der Waals surface area contributed by atoms with Crippen molar-refractivity contribution < 1.29 is 9.47 Å². The lowest BCUT2D eigenvalue weighted by Crippen LogP contribution is -2.29. The van der Waals surface area contributed by atoms with E-state index in [-0.39, 0.29) is 12.1 Å². The average molecular weight is 547 g/mol. The van der Waals surface area contributed by atoms with Gasteiger partial charge in [0.05, 0.1) is 29.4 Å². The molecule has 0 bridgehead atoms. The molecule has 0 spiro atoms. The Hall–Kier alpha value is -3.39. The van der Waals surface area contributed by atoms with Crippen LogP contribution >= 0.6 is 23.8 Å². The molecule has 6 nitrogen and oxygen atoms in total. The third kappa shape index (κ3) is 5.27. The van der Waals surface area contributed by atoms with E-state index in [2.05, 4.69) is 63.9 Å². The van der Waals surface area contributed by atoms with Crippen LogP contribution in [0.2, 0.25) is 5.02 Å². The first kappa shape index (κ1) is 26.2. The minimum atomic E-state index is -0.134. The number of pyridine rings is 1. The summed E-state index contributed by atoms with van der Waals surface area (Å²) in [6, 6.07) is 24.3. The van der Waals surface area contributed by atoms with Gasteiger partial charge in [-0.1, -0.05) is 48.0 Å². The second kappa shape index (κ2) is 11.6. The zero-order chi connectivity index (χ0) is 26.6. The predicted octanol–water partition coefficient (Wildman–Crippen LogP) is 6.40. The van der Waals surface area contributed by atoms with Crippen LogP contribution in [0.3, 0.4) is 0 Å². The number of anilines is 1. The van der Waals surface area contributed by atoms with E-state index in [4.69, 9.17) is 33.3 Å². The van der Waals surface area contributed by atoms with Crippen LogP contribution in [0.15, 0.2) is 79.0 Å². The molecule has 0 saturated carbocycles. The molecule has 4 aromatic rings. The number of rotatable bonds is 9. The molecule has 0 aliphatic carbocycles. The maximum absolute atomic E-state index is 6.66. The molecule has 1 aliphatic rings. The minimum absolute atomic E-state index is 0.121. The van der Waals surface area contributed by atoms with Crippen LogP contribution < -0.4 is 15.0 Å². The van der Waals surface area contributed by atoms with Gasteiger partial charge in [0, 0.05) is 36.9 Å². The van der Waals surface area contributed by atoms with Crippen LogP contribution in [0.5, 0.6) is 5.75 Å². The molecule has 0 amide bonds. The van der Waals surface area contributed by atoms with Crippen LogP contribution in [0.25, 0.3) is 0 Å². The van der Waals surface area contributed by atoms with Crippen molar-refractivity contribution in [2.75, 3.05) is 25.2 Å². The second-order valence-electron chi connectivity index (χ2n) is 9.35. The summed E-state index contributed by atoms with van der Waals surface area (Å²) in [5, 5.41) is 4.70. The van der Waals surface area contributed by atoms with Crippen molar-refractivity contribution in [3.63, 3.8) is 0 Å². The molecule has 38 heavy (non-hydrogen) atoms. The van der Waals surface area contributed by atoms with Gasteiger partial charge in [-0.05, 0) is 73.6 Å². The molecule has 5 rings (SSSR count). The van der Waals surface area contributed by atoms with E-state index < -0.39 is 0 Å². The summed E-state index contributed by atoms with van der Waals surface area (Å²) in [4.78, 5) is 6.83. The first-order valence-corrected chi connectivity index (χ1v) is 13.4. The van der Waals surface area contributed by atoms with Crippen molar-refractivity contribution in [2.45, 2.75) is 32.5 Å². The summed E-state index contributed by atoms with van der Waals surface area (Å²) in [6.07, 6.45) is 1.82. The molecule has 3 heterocycles. The summed E-state index contributed by atoms with van der Waals surface area (Å²) in [5.74, 6) is 0.615. The molecule has 0 unspecified atom stereocenters. The Morgan fingerprint density at radius 2 is 1.79 bits per heavy atom. The van der Waals surface area contributed by atoms with E-state index in [1.54, 1.807) is 7.11 Å². The molecule has 1 saturated heterocycles. The first-order valence-electron chi connectivity index (χ1n) is 12.6. The number of ether oxygens (including phenoxy) is 2. The molecule has 2 aromatic heterocycles. The van der Waals surface area contributed by atoms with Gasteiger partial charge in [-0.25, -0.2) is 0 Å². The number of hydrogen-bond acceptors (Lipinski definition) is 4. The number of methoxy groups -OCH3 is 1. The minimum Gasteiger partial charge on any atom is -0.490 e. The van der Waals surface area contributed by atoms with E-state index in [1.165, 1.54) is 22.5 Å². The van der Waals surface area contributed by atoms with Gasteiger partial charge in [0.2, 0.25) is 0 Å². The predicted molar refractivity (Wildman–Crippen MR) is 156 cm³/mol. The SMILES string of the molecule is COCCOc1ccc(N2C(=S)N[C@H](c3ccccn3)[C@H]2c2cc(C)n(Cc3ccccc3)c2C)cc1Cl. The summed E-state index contributed by atoms with van der Waals surface area (Å²) >= 11 is 12.6. The van der Waals surface area contributed by atoms with Gasteiger partial charge >= 0.3 is 0 Å². The lowest BCUT2D eigenvalue weighted by Gasteiger charge is -2.28. The second-order valence-corrected chi connectivity index (χ2v) is 10.1. The van der Waals surface area contributed by atoms with Gasteiger partial charge in [0.25, 0.3) is 0 Å². The zero-order valence-electron chi connectivity index (χ0n) is 21.7. The average Bonchev–Trinajstić information content (AvgIpc) is 3.41. The monoisotopic (exact) mass is 546 g/mol. The van der Waals surface area contributed by atoms with Crippen LogP contribution in [-0.4, -0.2) is 35.0 Å². The Morgan fingerprint density at radius 3 is 2.50 bits per heavy atom. The highest BCUT2D eigenvalue weighted by Gasteiger charge is 2.42. The third-order valence-corrected chi connectivity index (χ3v) is 7.56. The topological polar surface area (TPSA) is 51.6 Å². The number of thiocarbonyl (C=S) groups is 1. The summed E-state index contributed by atoms with van der Waals surface area (Å²) in [7, 11) is 1.64. The Balaban J connectivity index is 1.56. The smallest absolute Gasteiger partial charge is 0.174 e. The number of halogens is 1. The maximum atomic E-state index is 6.66. The van der Waals surface area contributed by atoms with E-state index in [0.717, 1.165) is 17.9 Å². The van der Waals surface area contributed by atoms with E-state index in [0.29, 0.717) is 29.1 Å². The largest absolute Gasteiger partial charge is 0.490 e. The van der Waals surface area contributed by atoms with E-state index in [1.807, 2.05) is 48.7 Å². The number of aromatic nitrogens is 2. The highest BCUT2D eigenvalue weighted by molar-refractivity contribution is 7.80. The summed E-state index contributed by atoms with van der Waals surface area (Å²) in [6.45, 7) is 6.06. The summed E-state index contributed by atoms with van der Waals surface area (Å²) in [5.41, 5.74) is 6.66. The fraction of sp³-hybridized carbons (Fsp3) is 0.267. The zero-order valence-corrected chi connectivity index (χ0v) is 23.3.